The topological polar surface area (TPSA) is 29.1 Å². The van der Waals surface area contributed by atoms with E-state index in [2.05, 4.69) is 5.32 Å². The first-order chi connectivity index (χ1) is 12.0. The van der Waals surface area contributed by atoms with Crippen molar-refractivity contribution in [2.24, 2.45) is 23.7 Å². The van der Waals surface area contributed by atoms with Gasteiger partial charge in [0.25, 0.3) is 0 Å². The number of fused-ring (bicyclic) bond motifs is 2. The highest BCUT2D eigenvalue weighted by Gasteiger charge is 2.78. The zero-order chi connectivity index (χ0) is 19.3. The summed E-state index contributed by atoms with van der Waals surface area (Å²) in [6.45, 7) is 0. The van der Waals surface area contributed by atoms with E-state index in [1.165, 1.54) is 24.3 Å². The van der Waals surface area contributed by atoms with Crippen LogP contribution in [0.3, 0.4) is 0 Å². The van der Waals surface area contributed by atoms with Crippen LogP contribution in [0.25, 0.3) is 0 Å². The Hall–Kier alpha value is -2.06. The number of alkyl halides is 7. The molecule has 2 bridgehead atoms. The van der Waals surface area contributed by atoms with Gasteiger partial charge >= 0.3 is 18.0 Å². The number of nitrogens with one attached hydrogen (secondary N) is 1. The molecule has 1 N–H and O–H groups in total. The van der Waals surface area contributed by atoms with Crippen molar-refractivity contribution in [1.29, 1.82) is 0 Å². The Bertz CT molecular complexity index is 714. The largest absolute Gasteiger partial charge is 0.459 e. The Balaban J connectivity index is 1.92. The van der Waals surface area contributed by atoms with Gasteiger partial charge in [-0.1, -0.05) is 30.4 Å². The normalized spacial score (nSPS) is 28.4. The summed E-state index contributed by atoms with van der Waals surface area (Å²) in [5.74, 6) is -18.7. The van der Waals surface area contributed by atoms with Crippen LogP contribution in [0.15, 0.2) is 42.5 Å². The number of para-hydroxylation sites is 1. The van der Waals surface area contributed by atoms with Crippen molar-refractivity contribution in [3.8, 4) is 0 Å². The van der Waals surface area contributed by atoms with E-state index in [1.54, 1.807) is 18.2 Å². The molecule has 2 aliphatic rings. The van der Waals surface area contributed by atoms with Gasteiger partial charge < -0.3 is 5.32 Å². The van der Waals surface area contributed by atoms with Crippen molar-refractivity contribution in [3.63, 3.8) is 0 Å². The van der Waals surface area contributed by atoms with Crippen molar-refractivity contribution < 1.29 is 35.5 Å². The zero-order valence-corrected chi connectivity index (χ0v) is 13.1. The molecule has 26 heavy (non-hydrogen) atoms. The molecular formula is C17H14F7NO. The fourth-order valence-corrected chi connectivity index (χ4v) is 3.82. The molecule has 1 amide bonds. The van der Waals surface area contributed by atoms with Gasteiger partial charge in [-0.05, 0) is 30.4 Å². The molecule has 1 fully saturated rings. The summed E-state index contributed by atoms with van der Waals surface area (Å²) in [6.07, 6.45) is -3.84. The van der Waals surface area contributed by atoms with Gasteiger partial charge in [0.15, 0.2) is 0 Å². The Morgan fingerprint density at radius 1 is 0.923 bits per heavy atom. The van der Waals surface area contributed by atoms with Crippen LogP contribution in [0.4, 0.5) is 36.4 Å². The SMILES string of the molecule is O=C(Nc1ccccc1)[C@@H]1[C@@H](C(F)(F)C(F)(F)C(F)(F)F)[C@H]2C=C[C@@H]1C2. The molecule has 1 aromatic carbocycles. The molecule has 4 atom stereocenters. The average molecular weight is 381 g/mol. The predicted octanol–water partition coefficient (Wildman–Crippen LogP) is 4.90. The second-order valence-electron chi connectivity index (χ2n) is 6.55. The minimum atomic E-state index is -6.41. The van der Waals surface area contributed by atoms with Crippen LogP contribution in [-0.2, 0) is 4.79 Å². The van der Waals surface area contributed by atoms with Crippen molar-refractivity contribution in [3.05, 3.63) is 42.5 Å². The van der Waals surface area contributed by atoms with Gasteiger partial charge in [0, 0.05) is 11.6 Å². The second-order valence-corrected chi connectivity index (χ2v) is 6.55. The van der Waals surface area contributed by atoms with E-state index in [0.29, 0.717) is 0 Å². The Morgan fingerprint density at radius 2 is 1.50 bits per heavy atom. The number of anilines is 1. The number of amides is 1. The van der Waals surface area contributed by atoms with E-state index >= 15 is 0 Å². The van der Waals surface area contributed by atoms with Crippen LogP contribution in [0, 0.1) is 23.7 Å². The summed E-state index contributed by atoms with van der Waals surface area (Å²) in [4.78, 5) is 12.4. The van der Waals surface area contributed by atoms with Gasteiger partial charge in [-0.3, -0.25) is 4.79 Å². The molecule has 142 valence electrons. The van der Waals surface area contributed by atoms with Crippen molar-refractivity contribution in [2.45, 2.75) is 24.4 Å². The van der Waals surface area contributed by atoms with Gasteiger partial charge in [-0.15, -0.1) is 0 Å². The molecule has 2 nitrogen and oxygen atoms in total. The van der Waals surface area contributed by atoms with Gasteiger partial charge in [-0.2, -0.15) is 30.7 Å². The fraction of sp³-hybridized carbons (Fsp3) is 0.471. The Labute approximate surface area is 144 Å². The van der Waals surface area contributed by atoms with Gasteiger partial charge in [0.05, 0.1) is 5.92 Å². The summed E-state index contributed by atoms with van der Waals surface area (Å²) in [5.41, 5.74) is 0.244. The molecule has 1 aromatic rings. The zero-order valence-electron chi connectivity index (χ0n) is 13.1. The van der Waals surface area contributed by atoms with E-state index in [4.69, 9.17) is 0 Å². The highest BCUT2D eigenvalue weighted by Crippen LogP contribution is 2.60. The lowest BCUT2D eigenvalue weighted by molar-refractivity contribution is -0.369. The third-order valence-electron chi connectivity index (χ3n) is 5.00. The predicted molar refractivity (Wildman–Crippen MR) is 78.7 cm³/mol. The number of allylic oxidation sites excluding steroid dienone is 2. The first-order valence-corrected chi connectivity index (χ1v) is 7.83. The monoisotopic (exact) mass is 381 g/mol. The van der Waals surface area contributed by atoms with Crippen molar-refractivity contribution in [2.75, 3.05) is 5.32 Å². The summed E-state index contributed by atoms with van der Waals surface area (Å²) in [5, 5.41) is 2.33. The van der Waals surface area contributed by atoms with E-state index in [1.807, 2.05) is 0 Å². The number of hydrogen-bond acceptors (Lipinski definition) is 1. The van der Waals surface area contributed by atoms with E-state index < -0.39 is 47.6 Å². The molecule has 0 unspecified atom stereocenters. The van der Waals surface area contributed by atoms with E-state index in [0.717, 1.165) is 0 Å². The number of carbonyl (C=O) groups excluding carboxylic acids is 1. The molecular weight excluding hydrogens is 367 g/mol. The number of benzene rings is 1. The molecule has 0 saturated heterocycles. The minimum absolute atomic E-state index is 0.0545. The smallest absolute Gasteiger partial charge is 0.326 e. The van der Waals surface area contributed by atoms with E-state index in [-0.39, 0.29) is 12.1 Å². The molecule has 0 heterocycles. The third-order valence-corrected chi connectivity index (χ3v) is 5.00. The number of carbonyl (C=O) groups is 1. The first-order valence-electron chi connectivity index (χ1n) is 7.83. The van der Waals surface area contributed by atoms with Crippen LogP contribution in [0.2, 0.25) is 0 Å². The molecule has 2 aliphatic carbocycles. The standard InChI is InChI=1S/C17H14F7NO/c18-15(19,16(20,21)17(22,23)24)13-10-7-6-9(8-10)12(13)14(26)25-11-4-2-1-3-5-11/h1-7,9-10,12-13H,8H2,(H,25,26)/t9-,10+,12+,13+/m1/s1. The summed E-state index contributed by atoms with van der Waals surface area (Å²) in [6, 6.07) is 7.66. The number of rotatable bonds is 4. The van der Waals surface area contributed by atoms with Crippen LogP contribution in [0.5, 0.6) is 0 Å². The quantitative estimate of drug-likeness (QED) is 0.584. The summed E-state index contributed by atoms with van der Waals surface area (Å²) < 4.78 is 93.3. The summed E-state index contributed by atoms with van der Waals surface area (Å²) >= 11 is 0. The van der Waals surface area contributed by atoms with Crippen LogP contribution >= 0.6 is 0 Å². The minimum Gasteiger partial charge on any atom is -0.326 e. The lowest BCUT2D eigenvalue weighted by Crippen LogP contribution is -2.59. The van der Waals surface area contributed by atoms with Crippen LogP contribution < -0.4 is 5.32 Å². The number of hydrogen-bond donors (Lipinski definition) is 1. The third kappa shape index (κ3) is 2.77. The summed E-state index contributed by atoms with van der Waals surface area (Å²) in [7, 11) is 0. The molecule has 0 aliphatic heterocycles. The van der Waals surface area contributed by atoms with Crippen molar-refractivity contribution in [1.82, 2.24) is 0 Å². The highest BCUT2D eigenvalue weighted by atomic mass is 19.4. The fourth-order valence-electron chi connectivity index (χ4n) is 3.82. The lowest BCUT2D eigenvalue weighted by Gasteiger charge is -2.38. The molecule has 0 radical (unpaired) electrons. The van der Waals surface area contributed by atoms with Crippen LogP contribution in [-0.4, -0.2) is 23.9 Å². The first kappa shape index (κ1) is 18.7. The number of halogens is 7. The van der Waals surface area contributed by atoms with Crippen LogP contribution in [0.1, 0.15) is 6.42 Å². The average Bonchev–Trinajstić information content (AvgIpc) is 3.15. The highest BCUT2D eigenvalue weighted by molar-refractivity contribution is 5.93. The maximum atomic E-state index is 14.3. The molecule has 0 aromatic heterocycles. The Morgan fingerprint density at radius 3 is 2.08 bits per heavy atom. The van der Waals surface area contributed by atoms with Gasteiger partial charge in [0.2, 0.25) is 5.91 Å². The molecule has 9 heteroatoms. The molecule has 1 saturated carbocycles. The molecule has 3 rings (SSSR count). The Kier molecular flexibility index (Phi) is 4.31. The lowest BCUT2D eigenvalue weighted by atomic mass is 9.76. The van der Waals surface area contributed by atoms with E-state index in [9.17, 15) is 35.5 Å². The van der Waals surface area contributed by atoms with Crippen molar-refractivity contribution >= 4 is 11.6 Å². The second kappa shape index (κ2) is 5.99. The van der Waals surface area contributed by atoms with Gasteiger partial charge in [0.1, 0.15) is 0 Å². The maximum absolute atomic E-state index is 14.3. The molecule has 0 spiro atoms. The maximum Gasteiger partial charge on any atom is 0.459 e. The van der Waals surface area contributed by atoms with Gasteiger partial charge in [-0.25, -0.2) is 0 Å².